The van der Waals surface area contributed by atoms with Gasteiger partial charge in [-0.15, -0.1) is 0 Å². The van der Waals surface area contributed by atoms with Crippen LogP contribution >= 0.6 is 0 Å². The van der Waals surface area contributed by atoms with Gasteiger partial charge in [0.2, 0.25) is 11.8 Å². The highest BCUT2D eigenvalue weighted by Gasteiger charge is 2.26. The Morgan fingerprint density at radius 1 is 1.24 bits per heavy atom. The molecular weight excluding hydrogens is 272 g/mol. The maximum atomic E-state index is 12.8. The van der Waals surface area contributed by atoms with Crippen LogP contribution in [-0.4, -0.2) is 29.8 Å². The first kappa shape index (κ1) is 15.9. The Morgan fingerprint density at radius 3 is 2.43 bits per heavy atom. The Balaban J connectivity index is 1.74. The Morgan fingerprint density at radius 2 is 1.86 bits per heavy atom. The van der Waals surface area contributed by atoms with E-state index in [0.717, 1.165) is 26.2 Å². The zero-order valence-corrected chi connectivity index (χ0v) is 12.5. The molecule has 4 heteroatoms. The summed E-state index contributed by atoms with van der Waals surface area (Å²) in [7, 11) is 0. The summed E-state index contributed by atoms with van der Waals surface area (Å²) in [5.41, 5.74) is 1.33. The predicted molar refractivity (Wildman–Crippen MR) is 79.3 cm³/mol. The highest BCUT2D eigenvalue weighted by atomic mass is 19.3. The van der Waals surface area contributed by atoms with E-state index < -0.39 is 5.92 Å². The second-order valence-corrected chi connectivity index (χ2v) is 6.08. The van der Waals surface area contributed by atoms with E-state index in [1.807, 2.05) is 18.2 Å². The number of alkyl halides is 2. The maximum absolute atomic E-state index is 12.8. The minimum absolute atomic E-state index is 0.0488. The molecule has 0 spiro atoms. The number of halogens is 2. The van der Waals surface area contributed by atoms with E-state index in [4.69, 9.17) is 0 Å². The standard InChI is InChI=1S/C17H23F2NO/c1-17(18,19)10-7-16(21)20-11-8-15(9-12-20)13-14-5-3-2-4-6-14/h2-6,15H,7-13H2,1H3. The van der Waals surface area contributed by atoms with Crippen molar-refractivity contribution in [3.05, 3.63) is 35.9 Å². The summed E-state index contributed by atoms with van der Waals surface area (Å²) in [6, 6.07) is 10.3. The van der Waals surface area contributed by atoms with Crippen molar-refractivity contribution in [3.8, 4) is 0 Å². The molecule has 1 saturated heterocycles. The van der Waals surface area contributed by atoms with E-state index in [1.165, 1.54) is 5.56 Å². The largest absolute Gasteiger partial charge is 0.343 e. The van der Waals surface area contributed by atoms with Gasteiger partial charge in [-0.3, -0.25) is 4.79 Å². The van der Waals surface area contributed by atoms with Gasteiger partial charge in [-0.05, 0) is 37.7 Å². The third-order valence-electron chi connectivity index (χ3n) is 4.11. The predicted octanol–water partition coefficient (Wildman–Crippen LogP) is 3.90. The molecule has 1 aliphatic heterocycles. The number of carbonyl (C=O) groups is 1. The average Bonchev–Trinajstić information content (AvgIpc) is 2.46. The van der Waals surface area contributed by atoms with Crippen molar-refractivity contribution >= 4 is 5.91 Å². The van der Waals surface area contributed by atoms with Gasteiger partial charge in [0.15, 0.2) is 0 Å². The monoisotopic (exact) mass is 295 g/mol. The summed E-state index contributed by atoms with van der Waals surface area (Å²) in [4.78, 5) is 13.6. The molecule has 0 saturated carbocycles. The molecule has 0 radical (unpaired) electrons. The lowest BCUT2D eigenvalue weighted by molar-refractivity contribution is -0.134. The van der Waals surface area contributed by atoms with Gasteiger partial charge in [0.1, 0.15) is 0 Å². The number of piperidine rings is 1. The number of benzene rings is 1. The van der Waals surface area contributed by atoms with Gasteiger partial charge in [-0.1, -0.05) is 30.3 Å². The van der Waals surface area contributed by atoms with Crippen LogP contribution in [0.3, 0.4) is 0 Å². The smallest absolute Gasteiger partial charge is 0.245 e. The molecule has 1 aromatic rings. The molecule has 0 unspecified atom stereocenters. The Hall–Kier alpha value is -1.45. The number of nitrogens with zero attached hydrogens (tertiary/aromatic N) is 1. The second-order valence-electron chi connectivity index (χ2n) is 6.08. The SMILES string of the molecule is CC(F)(F)CCC(=O)N1CCC(Cc2ccccc2)CC1. The Bertz CT molecular complexity index is 448. The lowest BCUT2D eigenvalue weighted by Crippen LogP contribution is -2.39. The highest BCUT2D eigenvalue weighted by molar-refractivity contribution is 5.76. The van der Waals surface area contributed by atoms with Crippen LogP contribution in [0.1, 0.15) is 38.2 Å². The van der Waals surface area contributed by atoms with Gasteiger partial charge >= 0.3 is 0 Å². The molecule has 2 rings (SSSR count). The lowest BCUT2D eigenvalue weighted by atomic mass is 9.90. The number of carbonyl (C=O) groups excluding carboxylic acids is 1. The second kappa shape index (κ2) is 7.01. The van der Waals surface area contributed by atoms with E-state index in [-0.39, 0.29) is 18.7 Å². The fourth-order valence-corrected chi connectivity index (χ4v) is 2.82. The van der Waals surface area contributed by atoms with E-state index in [1.54, 1.807) is 4.90 Å². The summed E-state index contributed by atoms with van der Waals surface area (Å²) in [6.07, 6.45) is 2.56. The van der Waals surface area contributed by atoms with Gasteiger partial charge in [-0.2, -0.15) is 0 Å². The molecule has 1 fully saturated rings. The number of rotatable bonds is 5. The third-order valence-corrected chi connectivity index (χ3v) is 4.11. The maximum Gasteiger partial charge on any atom is 0.245 e. The van der Waals surface area contributed by atoms with Gasteiger partial charge in [0.25, 0.3) is 0 Å². The molecule has 1 aromatic carbocycles. The molecular formula is C17H23F2NO. The summed E-state index contributed by atoms with van der Waals surface area (Å²) >= 11 is 0. The molecule has 1 amide bonds. The molecule has 1 heterocycles. The minimum atomic E-state index is -2.75. The van der Waals surface area contributed by atoms with E-state index in [0.29, 0.717) is 19.0 Å². The van der Waals surface area contributed by atoms with Crippen LogP contribution in [0.2, 0.25) is 0 Å². The molecule has 1 aliphatic rings. The van der Waals surface area contributed by atoms with Crippen molar-refractivity contribution in [2.24, 2.45) is 5.92 Å². The van der Waals surface area contributed by atoms with Crippen LogP contribution in [0.4, 0.5) is 8.78 Å². The third kappa shape index (κ3) is 5.44. The minimum Gasteiger partial charge on any atom is -0.343 e. The summed E-state index contributed by atoms with van der Waals surface area (Å²) in [5.74, 6) is -2.29. The highest BCUT2D eigenvalue weighted by Crippen LogP contribution is 2.24. The molecule has 0 aliphatic carbocycles. The van der Waals surface area contributed by atoms with Crippen LogP contribution in [0.25, 0.3) is 0 Å². The summed E-state index contributed by atoms with van der Waals surface area (Å²) in [5, 5.41) is 0. The first-order valence-electron chi connectivity index (χ1n) is 7.63. The van der Waals surface area contributed by atoms with Crippen molar-refractivity contribution in [2.45, 2.75) is 45.0 Å². The van der Waals surface area contributed by atoms with Crippen LogP contribution < -0.4 is 0 Å². The molecule has 116 valence electrons. The molecule has 0 bridgehead atoms. The zero-order valence-electron chi connectivity index (χ0n) is 12.5. The topological polar surface area (TPSA) is 20.3 Å². The van der Waals surface area contributed by atoms with Crippen molar-refractivity contribution in [1.82, 2.24) is 4.90 Å². The molecule has 21 heavy (non-hydrogen) atoms. The molecule has 2 nitrogen and oxygen atoms in total. The first-order chi connectivity index (χ1) is 9.94. The molecule has 0 aromatic heterocycles. The van der Waals surface area contributed by atoms with Gasteiger partial charge in [0, 0.05) is 25.9 Å². The van der Waals surface area contributed by atoms with Gasteiger partial charge in [-0.25, -0.2) is 8.78 Å². The number of likely N-dealkylation sites (tertiary alicyclic amines) is 1. The Kier molecular flexibility index (Phi) is 5.32. The van der Waals surface area contributed by atoms with Gasteiger partial charge in [0.05, 0.1) is 0 Å². The molecule has 0 N–H and O–H groups in total. The fourth-order valence-electron chi connectivity index (χ4n) is 2.82. The number of amides is 1. The lowest BCUT2D eigenvalue weighted by Gasteiger charge is -2.32. The van der Waals surface area contributed by atoms with E-state index in [2.05, 4.69) is 12.1 Å². The average molecular weight is 295 g/mol. The van der Waals surface area contributed by atoms with Crippen LogP contribution in [0.15, 0.2) is 30.3 Å². The van der Waals surface area contributed by atoms with E-state index >= 15 is 0 Å². The van der Waals surface area contributed by atoms with Crippen molar-refractivity contribution in [3.63, 3.8) is 0 Å². The zero-order chi connectivity index (χ0) is 15.3. The quantitative estimate of drug-likeness (QED) is 0.806. The summed E-state index contributed by atoms with van der Waals surface area (Å²) < 4.78 is 25.6. The molecule has 0 atom stereocenters. The first-order valence-corrected chi connectivity index (χ1v) is 7.63. The van der Waals surface area contributed by atoms with Crippen LogP contribution in [0.5, 0.6) is 0 Å². The number of hydrogen-bond acceptors (Lipinski definition) is 1. The van der Waals surface area contributed by atoms with Crippen molar-refractivity contribution in [1.29, 1.82) is 0 Å². The van der Waals surface area contributed by atoms with Crippen LogP contribution in [-0.2, 0) is 11.2 Å². The fraction of sp³-hybridized carbons (Fsp3) is 0.588. The van der Waals surface area contributed by atoms with Crippen molar-refractivity contribution in [2.75, 3.05) is 13.1 Å². The Labute approximate surface area is 125 Å². The van der Waals surface area contributed by atoms with E-state index in [9.17, 15) is 13.6 Å². The van der Waals surface area contributed by atoms with Crippen LogP contribution in [0, 0.1) is 5.92 Å². The van der Waals surface area contributed by atoms with Gasteiger partial charge < -0.3 is 4.90 Å². The van der Waals surface area contributed by atoms with Crippen molar-refractivity contribution < 1.29 is 13.6 Å². The summed E-state index contributed by atoms with van der Waals surface area (Å²) in [6.45, 7) is 2.27. The normalized spacial score (nSPS) is 17.0. The number of hydrogen-bond donors (Lipinski definition) is 0.